The largest absolute Gasteiger partial charge is 0.480 e. The molecule has 0 unspecified atom stereocenters. The Hall–Kier alpha value is -2.39. The minimum atomic E-state index is -3.58. The van der Waals surface area contributed by atoms with Gasteiger partial charge in [-0.25, -0.2) is 13.4 Å². The van der Waals surface area contributed by atoms with Crippen molar-refractivity contribution in [3.05, 3.63) is 64.3 Å². The van der Waals surface area contributed by atoms with Gasteiger partial charge in [-0.3, -0.25) is 4.79 Å². The van der Waals surface area contributed by atoms with Gasteiger partial charge in [0.25, 0.3) is 5.91 Å². The number of aromatic nitrogens is 1. The molecule has 32 heavy (non-hydrogen) atoms. The molecule has 1 aromatic heterocycles. The van der Waals surface area contributed by atoms with Gasteiger partial charge in [-0.2, -0.15) is 4.31 Å². The molecule has 1 aliphatic heterocycles. The first-order chi connectivity index (χ1) is 15.3. The van der Waals surface area contributed by atoms with Crippen LogP contribution < -0.4 is 4.74 Å². The third kappa shape index (κ3) is 4.54. The van der Waals surface area contributed by atoms with Gasteiger partial charge in [0.2, 0.25) is 10.0 Å². The molecule has 10 heteroatoms. The number of carbonyl (C=O) groups excluding carboxylic acids is 1. The van der Waals surface area contributed by atoms with E-state index in [1.807, 2.05) is 19.1 Å². The fraction of sp³-hybridized carbons (Fsp3) is 0.273. The van der Waals surface area contributed by atoms with Gasteiger partial charge >= 0.3 is 0 Å². The maximum absolute atomic E-state index is 12.8. The highest BCUT2D eigenvalue weighted by atomic mass is 35.5. The fourth-order valence-electron chi connectivity index (χ4n) is 3.57. The number of nitrogens with zero attached hydrogens (tertiary/aromatic N) is 3. The number of hydrogen-bond acceptors (Lipinski definition) is 5. The van der Waals surface area contributed by atoms with Crippen LogP contribution in [0.25, 0.3) is 10.9 Å². The first-order valence-electron chi connectivity index (χ1n) is 9.98. The Kier molecular flexibility index (Phi) is 6.57. The van der Waals surface area contributed by atoms with Crippen LogP contribution in [0.3, 0.4) is 0 Å². The van der Waals surface area contributed by atoms with E-state index in [2.05, 4.69) is 4.98 Å². The van der Waals surface area contributed by atoms with Crippen LogP contribution in [0, 0.1) is 6.92 Å². The first kappa shape index (κ1) is 22.8. The summed E-state index contributed by atoms with van der Waals surface area (Å²) in [6.07, 6.45) is 0. The predicted octanol–water partition coefficient (Wildman–Crippen LogP) is 3.76. The Morgan fingerprint density at radius 3 is 2.41 bits per heavy atom. The molecule has 0 N–H and O–H groups in total. The van der Waals surface area contributed by atoms with E-state index in [9.17, 15) is 13.2 Å². The van der Waals surface area contributed by atoms with Crippen molar-refractivity contribution in [3.63, 3.8) is 0 Å². The van der Waals surface area contributed by atoms with Crippen LogP contribution in [-0.2, 0) is 14.8 Å². The number of pyridine rings is 1. The Morgan fingerprint density at radius 1 is 1.03 bits per heavy atom. The van der Waals surface area contributed by atoms with E-state index >= 15 is 0 Å². The number of benzene rings is 2. The third-order valence-corrected chi connectivity index (χ3v) is 7.80. The van der Waals surface area contributed by atoms with Gasteiger partial charge in [0, 0.05) is 37.3 Å². The Morgan fingerprint density at radius 2 is 1.72 bits per heavy atom. The molecule has 3 aromatic rings. The highest BCUT2D eigenvalue weighted by Crippen LogP contribution is 2.37. The fourth-order valence-corrected chi connectivity index (χ4v) is 5.59. The first-order valence-corrected chi connectivity index (χ1v) is 12.2. The van der Waals surface area contributed by atoms with Crippen molar-refractivity contribution in [2.75, 3.05) is 32.8 Å². The van der Waals surface area contributed by atoms with Gasteiger partial charge in [-0.1, -0.05) is 41.4 Å². The van der Waals surface area contributed by atoms with E-state index in [0.717, 1.165) is 5.69 Å². The van der Waals surface area contributed by atoms with Gasteiger partial charge in [0.15, 0.2) is 12.4 Å². The number of halogens is 2. The van der Waals surface area contributed by atoms with Crippen molar-refractivity contribution in [2.24, 2.45) is 0 Å². The normalized spacial score (nSPS) is 15.2. The summed E-state index contributed by atoms with van der Waals surface area (Å²) in [6, 6.07) is 13.5. The highest BCUT2D eigenvalue weighted by molar-refractivity contribution is 7.89. The van der Waals surface area contributed by atoms with Crippen LogP contribution in [0.2, 0.25) is 10.0 Å². The van der Waals surface area contributed by atoms with Gasteiger partial charge in [-0.05, 0) is 37.3 Å². The predicted molar refractivity (Wildman–Crippen MR) is 124 cm³/mol. The lowest BCUT2D eigenvalue weighted by molar-refractivity contribution is -0.134. The lowest BCUT2D eigenvalue weighted by atomic mass is 10.2. The van der Waals surface area contributed by atoms with Crippen LogP contribution in [-0.4, -0.2) is 61.3 Å². The lowest BCUT2D eigenvalue weighted by Crippen LogP contribution is -2.51. The van der Waals surface area contributed by atoms with Crippen molar-refractivity contribution in [1.29, 1.82) is 0 Å². The summed E-state index contributed by atoms with van der Waals surface area (Å²) in [5.41, 5.74) is 1.26. The average Bonchev–Trinajstić information content (AvgIpc) is 2.79. The Balaban J connectivity index is 1.42. The number of hydrogen-bond donors (Lipinski definition) is 0. The van der Waals surface area contributed by atoms with Crippen LogP contribution in [0.5, 0.6) is 5.75 Å². The third-order valence-electron chi connectivity index (χ3n) is 5.29. The van der Waals surface area contributed by atoms with E-state index < -0.39 is 10.0 Å². The minimum Gasteiger partial charge on any atom is -0.480 e. The number of amides is 1. The van der Waals surface area contributed by atoms with Gasteiger partial charge in [0.05, 0.1) is 14.9 Å². The molecule has 0 aliphatic carbocycles. The molecular formula is C22H21Cl2N3O4S. The summed E-state index contributed by atoms with van der Waals surface area (Å²) in [4.78, 5) is 19.0. The summed E-state index contributed by atoms with van der Waals surface area (Å²) in [5.74, 6) is 0.0435. The Bertz CT molecular complexity index is 1260. The zero-order chi connectivity index (χ0) is 22.9. The van der Waals surface area contributed by atoms with Gasteiger partial charge in [-0.15, -0.1) is 0 Å². The topological polar surface area (TPSA) is 79.8 Å². The molecule has 1 fully saturated rings. The van der Waals surface area contributed by atoms with E-state index in [4.69, 9.17) is 27.9 Å². The smallest absolute Gasteiger partial charge is 0.260 e. The zero-order valence-corrected chi connectivity index (χ0v) is 19.6. The van der Waals surface area contributed by atoms with E-state index in [1.165, 1.54) is 4.31 Å². The molecule has 0 saturated carbocycles. The number of ether oxygens (including phenoxy) is 1. The van der Waals surface area contributed by atoms with Crippen molar-refractivity contribution in [2.45, 2.75) is 11.8 Å². The number of sulfonamides is 1. The molecule has 1 aliphatic rings. The second-order valence-electron chi connectivity index (χ2n) is 7.40. The molecule has 7 nitrogen and oxygen atoms in total. The molecule has 0 bridgehead atoms. The summed E-state index contributed by atoms with van der Waals surface area (Å²) < 4.78 is 32.7. The molecular weight excluding hydrogens is 473 g/mol. The standard InChI is InChI=1S/C22H21Cl2N3O4S/c1-15-7-8-17-18(23)13-19(24)22(21(17)25-15)31-14-20(28)26-9-11-27(12-10-26)32(29,30)16-5-3-2-4-6-16/h2-8,13H,9-12,14H2,1H3. The SMILES string of the molecule is Cc1ccc2c(Cl)cc(Cl)c(OCC(=O)N3CCN(S(=O)(=O)c4ccccc4)CC3)c2n1. The maximum atomic E-state index is 12.8. The van der Waals surface area contributed by atoms with Crippen molar-refractivity contribution in [1.82, 2.24) is 14.2 Å². The highest BCUT2D eigenvalue weighted by Gasteiger charge is 2.30. The molecule has 2 heterocycles. The molecule has 4 rings (SSSR count). The molecule has 0 radical (unpaired) electrons. The van der Waals surface area contributed by atoms with Crippen LogP contribution in [0.15, 0.2) is 53.4 Å². The molecule has 1 amide bonds. The van der Waals surface area contributed by atoms with E-state index in [1.54, 1.807) is 41.3 Å². The van der Waals surface area contributed by atoms with Crippen molar-refractivity contribution < 1.29 is 17.9 Å². The van der Waals surface area contributed by atoms with Crippen LogP contribution in [0.1, 0.15) is 5.69 Å². The number of fused-ring (bicyclic) bond motifs is 1. The molecule has 2 aromatic carbocycles. The lowest BCUT2D eigenvalue weighted by Gasteiger charge is -2.34. The maximum Gasteiger partial charge on any atom is 0.260 e. The Labute approximate surface area is 196 Å². The number of piperazine rings is 1. The summed E-state index contributed by atoms with van der Waals surface area (Å²) in [7, 11) is -3.58. The summed E-state index contributed by atoms with van der Waals surface area (Å²) >= 11 is 12.6. The second-order valence-corrected chi connectivity index (χ2v) is 10.2. The van der Waals surface area contributed by atoms with Crippen LogP contribution in [0.4, 0.5) is 0 Å². The second kappa shape index (κ2) is 9.23. The number of rotatable bonds is 5. The summed E-state index contributed by atoms with van der Waals surface area (Å²) in [5, 5.41) is 1.41. The number of carbonyl (C=O) groups is 1. The molecule has 168 valence electrons. The van der Waals surface area contributed by atoms with Gasteiger partial charge < -0.3 is 9.64 Å². The minimum absolute atomic E-state index is 0.217. The van der Waals surface area contributed by atoms with Crippen LogP contribution >= 0.6 is 23.2 Å². The van der Waals surface area contributed by atoms with Crippen molar-refractivity contribution in [3.8, 4) is 5.75 Å². The quantitative estimate of drug-likeness (QED) is 0.540. The molecule has 0 spiro atoms. The average molecular weight is 494 g/mol. The van der Waals surface area contributed by atoms with E-state index in [-0.39, 0.29) is 48.6 Å². The van der Waals surface area contributed by atoms with Gasteiger partial charge in [0.1, 0.15) is 5.52 Å². The zero-order valence-electron chi connectivity index (χ0n) is 17.3. The van der Waals surface area contributed by atoms with E-state index in [0.29, 0.717) is 21.7 Å². The number of aryl methyl sites for hydroxylation is 1. The summed E-state index contributed by atoms with van der Waals surface area (Å²) in [6.45, 7) is 2.59. The monoisotopic (exact) mass is 493 g/mol. The molecule has 0 atom stereocenters. The molecule has 1 saturated heterocycles. The van der Waals surface area contributed by atoms with Crippen molar-refractivity contribution >= 4 is 50.0 Å².